The summed E-state index contributed by atoms with van der Waals surface area (Å²) in [5, 5.41) is 10.8. The highest BCUT2D eigenvalue weighted by molar-refractivity contribution is 7.89. The molecule has 20 heavy (non-hydrogen) atoms. The molecule has 0 aliphatic carbocycles. The summed E-state index contributed by atoms with van der Waals surface area (Å²) in [5.41, 5.74) is 1.16. The first-order valence-corrected chi connectivity index (χ1v) is 7.40. The van der Waals surface area contributed by atoms with Crippen LogP contribution < -0.4 is 16.0 Å². The Balaban J connectivity index is 3.24. The van der Waals surface area contributed by atoms with E-state index in [2.05, 4.69) is 10.1 Å². The van der Waals surface area contributed by atoms with Crippen LogP contribution >= 0.6 is 0 Å². The quantitative estimate of drug-likeness (QED) is 0.413. The van der Waals surface area contributed by atoms with Crippen LogP contribution in [0.3, 0.4) is 0 Å². The minimum Gasteiger partial charge on any atom is -0.318 e. The molecule has 0 radical (unpaired) electrons. The maximum atomic E-state index is 12.2. The highest BCUT2D eigenvalue weighted by Gasteiger charge is 2.26. The van der Waals surface area contributed by atoms with Gasteiger partial charge in [0, 0.05) is 11.6 Å². The minimum atomic E-state index is -3.77. The summed E-state index contributed by atoms with van der Waals surface area (Å²) in [6.45, 7) is 5.35. The van der Waals surface area contributed by atoms with E-state index in [1.54, 1.807) is 13.8 Å². The third-order valence-corrected chi connectivity index (χ3v) is 4.62. The van der Waals surface area contributed by atoms with E-state index in [0.717, 1.165) is 12.1 Å². The summed E-state index contributed by atoms with van der Waals surface area (Å²) in [6.07, 6.45) is 0.598. The summed E-state index contributed by atoms with van der Waals surface area (Å²) in [5.74, 6) is 5.18. The van der Waals surface area contributed by atoms with Crippen molar-refractivity contribution in [1.82, 2.24) is 4.72 Å². The van der Waals surface area contributed by atoms with Crippen LogP contribution in [0.1, 0.15) is 27.2 Å². The van der Waals surface area contributed by atoms with E-state index >= 15 is 0 Å². The summed E-state index contributed by atoms with van der Waals surface area (Å²) in [6, 6.07) is 3.40. The first-order valence-electron chi connectivity index (χ1n) is 5.92. The summed E-state index contributed by atoms with van der Waals surface area (Å²) in [4.78, 5) is 10.0. The number of nitrogens with one attached hydrogen (secondary N) is 2. The van der Waals surface area contributed by atoms with Crippen LogP contribution in [0.2, 0.25) is 0 Å². The summed E-state index contributed by atoms with van der Waals surface area (Å²) >= 11 is 0. The number of nitro groups is 1. The molecule has 112 valence electrons. The lowest BCUT2D eigenvalue weighted by Gasteiger charge is -2.24. The molecule has 8 nitrogen and oxygen atoms in total. The highest BCUT2D eigenvalue weighted by atomic mass is 32.2. The van der Waals surface area contributed by atoms with Gasteiger partial charge in [-0.3, -0.25) is 16.0 Å². The molecule has 0 aliphatic heterocycles. The second kappa shape index (κ2) is 5.73. The van der Waals surface area contributed by atoms with Crippen molar-refractivity contribution in [2.75, 3.05) is 5.43 Å². The number of nitrogens with zero attached hydrogens (tertiary/aromatic N) is 1. The van der Waals surface area contributed by atoms with Crippen molar-refractivity contribution >= 4 is 21.4 Å². The van der Waals surface area contributed by atoms with Gasteiger partial charge in [-0.1, -0.05) is 6.92 Å². The Morgan fingerprint density at radius 2 is 2.00 bits per heavy atom. The number of hydrogen-bond acceptors (Lipinski definition) is 6. The molecule has 0 fully saturated rings. The van der Waals surface area contributed by atoms with E-state index in [4.69, 9.17) is 5.84 Å². The number of sulfonamides is 1. The molecule has 1 aromatic rings. The number of nitro benzene ring substituents is 1. The Hall–Kier alpha value is -1.71. The fraction of sp³-hybridized carbons (Fsp3) is 0.455. The largest absolute Gasteiger partial charge is 0.318 e. The van der Waals surface area contributed by atoms with Crippen molar-refractivity contribution in [2.45, 2.75) is 37.6 Å². The fourth-order valence-corrected chi connectivity index (χ4v) is 2.96. The first-order chi connectivity index (χ1) is 9.13. The van der Waals surface area contributed by atoms with Crippen LogP contribution in [0, 0.1) is 10.1 Å². The average molecular weight is 302 g/mol. The molecular formula is C11H18N4O4S. The third kappa shape index (κ3) is 3.65. The van der Waals surface area contributed by atoms with Crippen LogP contribution in [0.5, 0.6) is 0 Å². The normalized spacial score (nSPS) is 12.2. The number of nitrogen functional groups attached to an aromatic ring is 1. The van der Waals surface area contributed by atoms with E-state index < -0.39 is 20.5 Å². The second-order valence-corrected chi connectivity index (χ2v) is 6.61. The Bertz CT molecular complexity index is 613. The molecule has 0 atom stereocenters. The number of anilines is 1. The predicted molar refractivity (Wildman–Crippen MR) is 75.6 cm³/mol. The maximum Gasteiger partial charge on any atom is 0.293 e. The van der Waals surface area contributed by atoms with Crippen LogP contribution in [-0.2, 0) is 10.0 Å². The van der Waals surface area contributed by atoms with Gasteiger partial charge in [-0.05, 0) is 32.4 Å². The number of rotatable bonds is 6. The zero-order valence-electron chi connectivity index (χ0n) is 11.5. The zero-order valence-corrected chi connectivity index (χ0v) is 12.3. The lowest BCUT2D eigenvalue weighted by Crippen LogP contribution is -2.42. The van der Waals surface area contributed by atoms with Crippen molar-refractivity contribution in [3.05, 3.63) is 28.3 Å². The van der Waals surface area contributed by atoms with E-state index in [1.165, 1.54) is 6.07 Å². The monoisotopic (exact) mass is 302 g/mol. The molecule has 0 aliphatic rings. The maximum absolute atomic E-state index is 12.2. The fourth-order valence-electron chi connectivity index (χ4n) is 1.45. The van der Waals surface area contributed by atoms with E-state index in [0.29, 0.717) is 6.42 Å². The molecule has 0 aromatic heterocycles. The van der Waals surface area contributed by atoms with Crippen molar-refractivity contribution in [3.63, 3.8) is 0 Å². The van der Waals surface area contributed by atoms with Gasteiger partial charge in [-0.2, -0.15) is 0 Å². The van der Waals surface area contributed by atoms with Crippen molar-refractivity contribution < 1.29 is 13.3 Å². The number of hydrazine groups is 1. The molecule has 0 spiro atoms. The molecule has 0 saturated carbocycles. The molecule has 1 aromatic carbocycles. The van der Waals surface area contributed by atoms with Gasteiger partial charge in [0.05, 0.1) is 9.82 Å². The zero-order chi connectivity index (χ0) is 15.6. The molecule has 9 heteroatoms. The van der Waals surface area contributed by atoms with E-state index in [9.17, 15) is 18.5 Å². The molecule has 0 unspecified atom stereocenters. The third-order valence-electron chi connectivity index (χ3n) is 2.93. The Morgan fingerprint density at radius 1 is 1.40 bits per heavy atom. The summed E-state index contributed by atoms with van der Waals surface area (Å²) < 4.78 is 26.9. The summed E-state index contributed by atoms with van der Waals surface area (Å²) in [7, 11) is -3.77. The van der Waals surface area contributed by atoms with Gasteiger partial charge in [0.1, 0.15) is 5.69 Å². The second-order valence-electron chi connectivity index (χ2n) is 4.92. The molecule has 0 saturated heterocycles. The number of hydrogen-bond donors (Lipinski definition) is 3. The van der Waals surface area contributed by atoms with Crippen molar-refractivity contribution in [1.29, 1.82) is 0 Å². The van der Waals surface area contributed by atoms with Gasteiger partial charge in [0.2, 0.25) is 10.0 Å². The molecule has 0 bridgehead atoms. The van der Waals surface area contributed by atoms with Gasteiger partial charge >= 0.3 is 0 Å². The lowest BCUT2D eigenvalue weighted by atomic mass is 10.0. The van der Waals surface area contributed by atoms with Crippen LogP contribution in [-0.4, -0.2) is 18.9 Å². The topological polar surface area (TPSA) is 127 Å². The van der Waals surface area contributed by atoms with Gasteiger partial charge in [0.25, 0.3) is 5.69 Å². The number of benzene rings is 1. The molecule has 4 N–H and O–H groups in total. The van der Waals surface area contributed by atoms with Gasteiger partial charge in [-0.15, -0.1) is 0 Å². The predicted octanol–water partition coefficient (Wildman–Crippen LogP) is 1.35. The van der Waals surface area contributed by atoms with Crippen LogP contribution in [0.4, 0.5) is 11.4 Å². The average Bonchev–Trinajstić information content (AvgIpc) is 2.36. The van der Waals surface area contributed by atoms with Crippen molar-refractivity contribution in [2.24, 2.45) is 5.84 Å². The van der Waals surface area contributed by atoms with E-state index in [1.807, 2.05) is 6.92 Å². The first kappa shape index (κ1) is 16.3. The Morgan fingerprint density at radius 3 is 2.45 bits per heavy atom. The standard InChI is InChI=1S/C11H18N4O4S/c1-4-11(2,3)14-20(18,19)8-5-6-10(15(16)17)9(7-8)13-12/h5-7,13-14H,4,12H2,1-3H3. The highest BCUT2D eigenvalue weighted by Crippen LogP contribution is 2.27. The molecule has 1 rings (SSSR count). The van der Waals surface area contributed by atoms with Crippen LogP contribution in [0.15, 0.2) is 23.1 Å². The minimum absolute atomic E-state index is 0.0628. The van der Waals surface area contributed by atoms with E-state index in [-0.39, 0.29) is 16.3 Å². The van der Waals surface area contributed by atoms with Crippen LogP contribution in [0.25, 0.3) is 0 Å². The smallest absolute Gasteiger partial charge is 0.293 e. The lowest BCUT2D eigenvalue weighted by molar-refractivity contribution is -0.384. The van der Waals surface area contributed by atoms with Crippen molar-refractivity contribution in [3.8, 4) is 0 Å². The Kier molecular flexibility index (Phi) is 4.69. The molecule has 0 amide bonds. The number of nitrogens with two attached hydrogens (primary N) is 1. The molecular weight excluding hydrogens is 284 g/mol. The molecule has 0 heterocycles. The van der Waals surface area contributed by atoms with Gasteiger partial charge in [0.15, 0.2) is 0 Å². The Labute approximate surface area is 117 Å². The van der Waals surface area contributed by atoms with Gasteiger partial charge in [-0.25, -0.2) is 13.1 Å². The van der Waals surface area contributed by atoms with Gasteiger partial charge < -0.3 is 5.43 Å². The SMILES string of the molecule is CCC(C)(C)NS(=O)(=O)c1ccc([N+](=O)[O-])c(NN)c1.